The summed E-state index contributed by atoms with van der Waals surface area (Å²) in [6.45, 7) is 11.9. The molecule has 6 nitrogen and oxygen atoms in total. The Kier molecular flexibility index (Phi) is 7.12. The van der Waals surface area contributed by atoms with Gasteiger partial charge < -0.3 is 13.3 Å². The van der Waals surface area contributed by atoms with Crippen LogP contribution in [0.4, 0.5) is 0 Å². The normalized spacial score (nSPS) is 16.8. The van der Waals surface area contributed by atoms with E-state index in [2.05, 4.69) is 25.7 Å². The van der Waals surface area contributed by atoms with E-state index < -0.39 is 34.8 Å². The first-order valence-electron chi connectivity index (χ1n) is 8.08. The molecule has 0 fully saturated rings. The molecule has 138 valence electrons. The van der Waals surface area contributed by atoms with Crippen molar-refractivity contribution in [1.82, 2.24) is 0 Å². The van der Waals surface area contributed by atoms with Crippen LogP contribution in [0.15, 0.2) is 36.5 Å². The number of allylic oxidation sites excluding steroid dienone is 5. The smallest absolute Gasteiger partial charge is 0.455 e. The van der Waals surface area contributed by atoms with Gasteiger partial charge in [-0.2, -0.15) is 0 Å². The molecule has 0 aromatic heterocycles. The fraction of sp³-hybridized carbons (Fsp3) is 0.471. The van der Waals surface area contributed by atoms with Gasteiger partial charge in [0, 0.05) is 20.8 Å². The second-order valence-corrected chi connectivity index (χ2v) is 14.1. The largest absolute Gasteiger partial charge is 0.709 e. The van der Waals surface area contributed by atoms with E-state index in [1.165, 1.54) is 20.8 Å². The Balaban J connectivity index is 3.18. The molecule has 0 amide bonds. The second kappa shape index (κ2) is 8.44. The van der Waals surface area contributed by atoms with Crippen molar-refractivity contribution < 1.29 is 27.7 Å². The Labute approximate surface area is 150 Å². The highest BCUT2D eigenvalue weighted by atomic mass is 28.4. The highest BCUT2D eigenvalue weighted by molar-refractivity contribution is 6.80. The number of rotatable bonds is 8. The van der Waals surface area contributed by atoms with Crippen LogP contribution in [-0.4, -0.2) is 34.8 Å². The first-order chi connectivity index (χ1) is 11.5. The standard InChI is InChI=1S/C17H26O6Si2/c1-7-11-24(5,6)17-10-8-9-16(17)12-25(21-13(2)18,22-14(3)19)23-15(4)20/h7-10,17H,1,11-12H2,2-6H3. The molecule has 0 saturated heterocycles. The maximum absolute atomic E-state index is 11.6. The molecule has 0 radical (unpaired) electrons. The minimum Gasteiger partial charge on any atom is -0.455 e. The van der Waals surface area contributed by atoms with E-state index in [4.69, 9.17) is 13.3 Å². The lowest BCUT2D eigenvalue weighted by molar-refractivity contribution is -0.147. The van der Waals surface area contributed by atoms with Gasteiger partial charge in [0.2, 0.25) is 0 Å². The lowest BCUT2D eigenvalue weighted by Crippen LogP contribution is -2.50. The summed E-state index contributed by atoms with van der Waals surface area (Å²) in [6, 6.07) is 1.01. The average molecular weight is 383 g/mol. The van der Waals surface area contributed by atoms with E-state index in [0.717, 1.165) is 11.6 Å². The van der Waals surface area contributed by atoms with E-state index in [-0.39, 0.29) is 11.6 Å². The third-order valence-electron chi connectivity index (χ3n) is 3.84. The summed E-state index contributed by atoms with van der Waals surface area (Å²) >= 11 is 0. The molecule has 1 aliphatic rings. The van der Waals surface area contributed by atoms with Gasteiger partial charge in [-0.1, -0.05) is 43.0 Å². The number of carbonyl (C=O) groups is 3. The summed E-state index contributed by atoms with van der Waals surface area (Å²) in [5.74, 6) is -1.96. The van der Waals surface area contributed by atoms with E-state index in [1.807, 2.05) is 18.2 Å². The summed E-state index contributed by atoms with van der Waals surface area (Å²) < 4.78 is 15.8. The molecule has 1 rings (SSSR count). The van der Waals surface area contributed by atoms with Crippen molar-refractivity contribution in [2.24, 2.45) is 0 Å². The predicted octanol–water partition coefficient (Wildman–Crippen LogP) is 3.38. The molecule has 0 spiro atoms. The number of carbonyl (C=O) groups excluding carboxylic acids is 3. The Morgan fingerprint density at radius 3 is 1.96 bits per heavy atom. The third-order valence-corrected chi connectivity index (χ3v) is 10.1. The Morgan fingerprint density at radius 1 is 1.08 bits per heavy atom. The summed E-state index contributed by atoms with van der Waals surface area (Å²) in [5, 5.41) is 0. The Bertz CT molecular complexity index is 580. The molecule has 0 bridgehead atoms. The molecule has 25 heavy (non-hydrogen) atoms. The maximum atomic E-state index is 11.6. The van der Waals surface area contributed by atoms with Gasteiger partial charge in [0.25, 0.3) is 17.9 Å². The zero-order chi connectivity index (χ0) is 19.3. The van der Waals surface area contributed by atoms with E-state index >= 15 is 0 Å². The summed E-state index contributed by atoms with van der Waals surface area (Å²) in [5.41, 5.74) is 1.12. The second-order valence-electron chi connectivity index (χ2n) is 6.73. The number of hydrogen-bond acceptors (Lipinski definition) is 6. The fourth-order valence-electron chi connectivity index (χ4n) is 3.03. The monoisotopic (exact) mass is 382 g/mol. The van der Waals surface area contributed by atoms with Crippen molar-refractivity contribution >= 4 is 34.8 Å². The van der Waals surface area contributed by atoms with Crippen LogP contribution in [0.25, 0.3) is 0 Å². The molecule has 1 aliphatic carbocycles. The minimum atomic E-state index is -3.85. The van der Waals surface area contributed by atoms with Crippen LogP contribution in [-0.2, 0) is 27.7 Å². The summed E-state index contributed by atoms with van der Waals surface area (Å²) in [6.07, 6.45) is 7.86. The molecule has 0 N–H and O–H groups in total. The van der Waals surface area contributed by atoms with Gasteiger partial charge in [-0.3, -0.25) is 14.4 Å². The molecule has 0 heterocycles. The van der Waals surface area contributed by atoms with Crippen molar-refractivity contribution in [3.05, 3.63) is 36.5 Å². The quantitative estimate of drug-likeness (QED) is 0.473. The van der Waals surface area contributed by atoms with Crippen LogP contribution in [0, 0.1) is 0 Å². The van der Waals surface area contributed by atoms with E-state index in [1.54, 1.807) is 0 Å². The van der Waals surface area contributed by atoms with Crippen LogP contribution in [0.2, 0.25) is 30.7 Å². The van der Waals surface area contributed by atoms with Crippen LogP contribution >= 0.6 is 0 Å². The van der Waals surface area contributed by atoms with Crippen LogP contribution in [0.5, 0.6) is 0 Å². The van der Waals surface area contributed by atoms with E-state index in [9.17, 15) is 14.4 Å². The molecule has 0 aromatic carbocycles. The highest BCUT2D eigenvalue weighted by Gasteiger charge is 2.54. The van der Waals surface area contributed by atoms with Crippen molar-refractivity contribution in [2.75, 3.05) is 0 Å². The summed E-state index contributed by atoms with van der Waals surface area (Å²) in [4.78, 5) is 34.7. The minimum absolute atomic E-state index is 0.108. The van der Waals surface area contributed by atoms with Gasteiger partial charge in [-0.05, 0) is 11.6 Å². The fourth-order valence-corrected chi connectivity index (χ4v) is 8.55. The molecule has 8 heteroatoms. The summed E-state index contributed by atoms with van der Waals surface area (Å²) in [7, 11) is -5.58. The Morgan fingerprint density at radius 2 is 1.56 bits per heavy atom. The maximum Gasteiger partial charge on any atom is 0.709 e. The van der Waals surface area contributed by atoms with Gasteiger partial charge >= 0.3 is 8.80 Å². The average Bonchev–Trinajstić information content (AvgIpc) is 2.84. The first kappa shape index (κ1) is 21.1. The van der Waals surface area contributed by atoms with Crippen molar-refractivity contribution in [1.29, 1.82) is 0 Å². The van der Waals surface area contributed by atoms with Gasteiger partial charge in [0.15, 0.2) is 0 Å². The van der Waals surface area contributed by atoms with Crippen LogP contribution in [0.1, 0.15) is 20.8 Å². The van der Waals surface area contributed by atoms with Crippen LogP contribution in [0.3, 0.4) is 0 Å². The molecule has 1 atom stereocenters. The number of hydrogen-bond donors (Lipinski definition) is 0. The topological polar surface area (TPSA) is 78.9 Å². The zero-order valence-electron chi connectivity index (χ0n) is 15.5. The van der Waals surface area contributed by atoms with Crippen molar-refractivity contribution in [3.63, 3.8) is 0 Å². The molecule has 0 aliphatic heterocycles. The molecular formula is C17H26O6Si2. The SMILES string of the molecule is C=CC[Si](C)(C)C1C=CC=C1C[Si](OC(C)=O)(OC(C)=O)OC(C)=O. The third kappa shape index (κ3) is 6.13. The van der Waals surface area contributed by atoms with Crippen molar-refractivity contribution in [3.8, 4) is 0 Å². The highest BCUT2D eigenvalue weighted by Crippen LogP contribution is 2.42. The van der Waals surface area contributed by atoms with Gasteiger partial charge in [0.1, 0.15) is 0 Å². The predicted molar refractivity (Wildman–Crippen MR) is 99.3 cm³/mol. The zero-order valence-corrected chi connectivity index (χ0v) is 17.5. The van der Waals surface area contributed by atoms with Gasteiger partial charge in [-0.15, -0.1) is 6.58 Å². The Hall–Kier alpha value is -1.94. The van der Waals surface area contributed by atoms with Crippen molar-refractivity contribution in [2.45, 2.75) is 51.5 Å². The molecule has 0 saturated carbocycles. The lowest BCUT2D eigenvalue weighted by Gasteiger charge is -2.33. The lowest BCUT2D eigenvalue weighted by atomic mass is 10.3. The van der Waals surface area contributed by atoms with Gasteiger partial charge in [0.05, 0.1) is 14.1 Å². The van der Waals surface area contributed by atoms with E-state index in [0.29, 0.717) is 0 Å². The van der Waals surface area contributed by atoms with Crippen LogP contribution < -0.4 is 0 Å². The molecular weight excluding hydrogens is 356 g/mol. The van der Waals surface area contributed by atoms with Gasteiger partial charge in [-0.25, -0.2) is 0 Å². The molecule has 1 unspecified atom stereocenters. The first-order valence-corrected chi connectivity index (χ1v) is 13.3. The molecule has 0 aromatic rings.